The summed E-state index contributed by atoms with van der Waals surface area (Å²) in [5, 5.41) is 8.58. The average Bonchev–Trinajstić information content (AvgIpc) is 2.27. The van der Waals surface area contributed by atoms with Gasteiger partial charge < -0.3 is 9.52 Å². The Labute approximate surface area is 81.9 Å². The van der Waals surface area contributed by atoms with Crippen LogP contribution < -0.4 is 0 Å². The van der Waals surface area contributed by atoms with E-state index in [1.807, 2.05) is 6.92 Å². The normalized spacial score (nSPS) is 16.6. The van der Waals surface area contributed by atoms with Crippen molar-refractivity contribution in [1.29, 1.82) is 0 Å². The molecule has 0 aliphatic heterocycles. The molecule has 0 amide bonds. The largest absolute Gasteiger partial charge is 0.481 e. The van der Waals surface area contributed by atoms with Crippen molar-refractivity contribution >= 4 is 5.97 Å². The molecule has 0 unspecified atom stereocenters. The zero-order valence-electron chi connectivity index (χ0n) is 8.12. The summed E-state index contributed by atoms with van der Waals surface area (Å²) in [7, 11) is 0. The molecule has 2 rings (SSSR count). The summed E-state index contributed by atoms with van der Waals surface area (Å²) >= 11 is 0. The van der Waals surface area contributed by atoms with Crippen molar-refractivity contribution < 1.29 is 14.3 Å². The van der Waals surface area contributed by atoms with E-state index in [4.69, 9.17) is 9.52 Å². The molecule has 1 aromatic heterocycles. The van der Waals surface area contributed by atoms with Gasteiger partial charge in [0.25, 0.3) is 0 Å². The monoisotopic (exact) mass is 195 g/mol. The van der Waals surface area contributed by atoms with Gasteiger partial charge in [-0.2, -0.15) is 0 Å². The van der Waals surface area contributed by atoms with E-state index in [-0.39, 0.29) is 6.42 Å². The molecule has 0 spiro atoms. The molecule has 1 fully saturated rings. The van der Waals surface area contributed by atoms with Gasteiger partial charge in [-0.1, -0.05) is 6.42 Å². The smallest absolute Gasteiger partial charge is 0.312 e. The van der Waals surface area contributed by atoms with Crippen LogP contribution in [0.1, 0.15) is 42.5 Å². The van der Waals surface area contributed by atoms with E-state index in [0.29, 0.717) is 11.8 Å². The van der Waals surface area contributed by atoms with Crippen molar-refractivity contribution in [1.82, 2.24) is 4.98 Å². The van der Waals surface area contributed by atoms with Crippen LogP contribution >= 0.6 is 0 Å². The number of aromatic nitrogens is 1. The first-order chi connectivity index (χ1) is 6.66. The first-order valence-electron chi connectivity index (χ1n) is 4.85. The number of aryl methyl sites for hydroxylation is 1. The molecule has 1 N–H and O–H groups in total. The van der Waals surface area contributed by atoms with Gasteiger partial charge in [0.1, 0.15) is 12.2 Å². The van der Waals surface area contributed by atoms with E-state index in [1.165, 1.54) is 6.42 Å². The van der Waals surface area contributed by atoms with Gasteiger partial charge >= 0.3 is 5.97 Å². The second-order valence-electron chi connectivity index (χ2n) is 3.75. The minimum atomic E-state index is -0.897. The van der Waals surface area contributed by atoms with Crippen molar-refractivity contribution in [2.45, 2.75) is 38.5 Å². The molecule has 4 nitrogen and oxygen atoms in total. The average molecular weight is 195 g/mol. The number of carboxylic acids is 1. The number of aliphatic carboxylic acids is 1. The first-order valence-corrected chi connectivity index (χ1v) is 4.85. The van der Waals surface area contributed by atoms with Crippen LogP contribution in [0.4, 0.5) is 0 Å². The van der Waals surface area contributed by atoms with Crippen molar-refractivity contribution in [3.8, 4) is 0 Å². The minimum Gasteiger partial charge on any atom is -0.481 e. The second-order valence-corrected chi connectivity index (χ2v) is 3.75. The van der Waals surface area contributed by atoms with Crippen LogP contribution in [0.2, 0.25) is 0 Å². The molecular formula is C10H13NO3. The summed E-state index contributed by atoms with van der Waals surface area (Å²) in [4.78, 5) is 14.7. The number of rotatable bonds is 3. The SMILES string of the molecule is Cc1oc(CC(=O)O)nc1C1CCC1. The van der Waals surface area contributed by atoms with E-state index in [0.717, 1.165) is 24.3 Å². The summed E-state index contributed by atoms with van der Waals surface area (Å²) in [5.74, 6) is 0.718. The van der Waals surface area contributed by atoms with E-state index in [2.05, 4.69) is 4.98 Å². The van der Waals surface area contributed by atoms with Crippen LogP contribution in [0.5, 0.6) is 0 Å². The molecular weight excluding hydrogens is 182 g/mol. The van der Waals surface area contributed by atoms with E-state index in [1.54, 1.807) is 0 Å². The number of hydrogen-bond acceptors (Lipinski definition) is 3. The van der Waals surface area contributed by atoms with Gasteiger partial charge in [0.05, 0.1) is 5.69 Å². The first kappa shape index (κ1) is 9.24. The van der Waals surface area contributed by atoms with E-state index in [9.17, 15) is 4.79 Å². The Hall–Kier alpha value is -1.32. The number of carboxylic acid groups (broad SMARTS) is 1. The predicted molar refractivity (Wildman–Crippen MR) is 49.2 cm³/mol. The van der Waals surface area contributed by atoms with Gasteiger partial charge in [0.15, 0.2) is 0 Å². The highest BCUT2D eigenvalue weighted by molar-refractivity contribution is 5.68. The molecule has 0 atom stereocenters. The number of carbonyl (C=O) groups is 1. The number of hydrogen-bond donors (Lipinski definition) is 1. The van der Waals surface area contributed by atoms with Gasteiger partial charge in [-0.3, -0.25) is 4.79 Å². The lowest BCUT2D eigenvalue weighted by Crippen LogP contribution is -2.10. The van der Waals surface area contributed by atoms with Gasteiger partial charge in [-0.05, 0) is 19.8 Å². The molecule has 1 aliphatic carbocycles. The fraction of sp³-hybridized carbons (Fsp3) is 0.600. The third kappa shape index (κ3) is 1.64. The van der Waals surface area contributed by atoms with Gasteiger partial charge in [-0.25, -0.2) is 4.98 Å². The summed E-state index contributed by atoms with van der Waals surface area (Å²) in [6, 6.07) is 0. The van der Waals surface area contributed by atoms with Gasteiger partial charge in [-0.15, -0.1) is 0 Å². The quantitative estimate of drug-likeness (QED) is 0.799. The molecule has 76 valence electrons. The second kappa shape index (κ2) is 3.44. The maximum Gasteiger partial charge on any atom is 0.312 e. The Morgan fingerprint density at radius 2 is 2.36 bits per heavy atom. The van der Waals surface area contributed by atoms with Crippen molar-refractivity contribution in [2.24, 2.45) is 0 Å². The molecule has 1 aromatic rings. The Bertz CT molecular complexity index is 352. The standard InChI is InChI=1S/C10H13NO3/c1-6-10(7-3-2-4-7)11-8(14-6)5-9(12)13/h7H,2-5H2,1H3,(H,12,13). The lowest BCUT2D eigenvalue weighted by molar-refractivity contribution is -0.136. The van der Waals surface area contributed by atoms with Crippen LogP contribution in [-0.2, 0) is 11.2 Å². The number of oxazole rings is 1. The highest BCUT2D eigenvalue weighted by Gasteiger charge is 2.25. The van der Waals surface area contributed by atoms with Crippen molar-refractivity contribution in [3.63, 3.8) is 0 Å². The summed E-state index contributed by atoms with van der Waals surface area (Å²) < 4.78 is 5.29. The molecule has 0 bridgehead atoms. The van der Waals surface area contributed by atoms with Crippen molar-refractivity contribution in [2.75, 3.05) is 0 Å². The maximum absolute atomic E-state index is 10.4. The van der Waals surface area contributed by atoms with Crippen LogP contribution in [0.3, 0.4) is 0 Å². The van der Waals surface area contributed by atoms with E-state index < -0.39 is 5.97 Å². The Morgan fingerprint density at radius 1 is 1.64 bits per heavy atom. The van der Waals surface area contributed by atoms with Crippen LogP contribution in [0, 0.1) is 6.92 Å². The predicted octanol–water partition coefficient (Wildman–Crippen LogP) is 1.88. The maximum atomic E-state index is 10.4. The molecule has 0 aromatic carbocycles. The third-order valence-electron chi connectivity index (χ3n) is 2.67. The molecule has 14 heavy (non-hydrogen) atoms. The van der Waals surface area contributed by atoms with Crippen LogP contribution in [0.25, 0.3) is 0 Å². The zero-order valence-corrected chi connectivity index (χ0v) is 8.12. The molecule has 4 heteroatoms. The topological polar surface area (TPSA) is 63.3 Å². The van der Waals surface area contributed by atoms with E-state index >= 15 is 0 Å². The Balaban J connectivity index is 2.16. The fourth-order valence-electron chi connectivity index (χ4n) is 1.73. The summed E-state index contributed by atoms with van der Waals surface area (Å²) in [6.45, 7) is 1.85. The van der Waals surface area contributed by atoms with Gasteiger partial charge in [0, 0.05) is 5.92 Å². The minimum absolute atomic E-state index is 0.118. The Kier molecular flexibility index (Phi) is 2.27. The van der Waals surface area contributed by atoms with Crippen LogP contribution in [-0.4, -0.2) is 16.1 Å². The molecule has 0 radical (unpaired) electrons. The lowest BCUT2D eigenvalue weighted by Gasteiger charge is -2.23. The van der Waals surface area contributed by atoms with Gasteiger partial charge in [0.2, 0.25) is 5.89 Å². The highest BCUT2D eigenvalue weighted by Crippen LogP contribution is 2.37. The molecule has 1 heterocycles. The lowest BCUT2D eigenvalue weighted by atomic mass is 9.82. The molecule has 1 saturated carbocycles. The number of nitrogens with zero attached hydrogens (tertiary/aromatic N) is 1. The third-order valence-corrected chi connectivity index (χ3v) is 2.67. The Morgan fingerprint density at radius 3 is 2.86 bits per heavy atom. The summed E-state index contributed by atoms with van der Waals surface area (Å²) in [5.41, 5.74) is 0.965. The zero-order chi connectivity index (χ0) is 10.1. The summed E-state index contributed by atoms with van der Waals surface area (Å²) in [6.07, 6.45) is 3.43. The van der Waals surface area contributed by atoms with Crippen molar-refractivity contribution in [3.05, 3.63) is 17.3 Å². The fourth-order valence-corrected chi connectivity index (χ4v) is 1.73. The molecule has 1 aliphatic rings. The molecule has 0 saturated heterocycles. The highest BCUT2D eigenvalue weighted by atomic mass is 16.4. The van der Waals surface area contributed by atoms with Crippen LogP contribution in [0.15, 0.2) is 4.42 Å².